The topological polar surface area (TPSA) is 77.5 Å². The van der Waals surface area contributed by atoms with E-state index in [0.29, 0.717) is 6.42 Å². The first-order valence-electron chi connectivity index (χ1n) is 6.74. The highest BCUT2D eigenvalue weighted by atomic mass is 16.5. The van der Waals surface area contributed by atoms with Gasteiger partial charge in [0.15, 0.2) is 0 Å². The van der Waals surface area contributed by atoms with Crippen LogP contribution in [0, 0.1) is 13.8 Å². The first-order chi connectivity index (χ1) is 9.93. The van der Waals surface area contributed by atoms with Gasteiger partial charge in [0.25, 0.3) is 0 Å². The molecule has 2 aromatic rings. The lowest BCUT2D eigenvalue weighted by Gasteiger charge is -2.11. The molecule has 1 aromatic heterocycles. The van der Waals surface area contributed by atoms with Crippen LogP contribution in [0.4, 0.5) is 0 Å². The minimum absolute atomic E-state index is 0.325. The molecule has 2 rings (SSSR count). The third-order valence-electron chi connectivity index (χ3n) is 3.62. The van der Waals surface area contributed by atoms with Crippen molar-refractivity contribution < 1.29 is 14.6 Å². The molecule has 0 aliphatic rings. The number of carboxylic acids is 1. The summed E-state index contributed by atoms with van der Waals surface area (Å²) in [4.78, 5) is 10.9. The van der Waals surface area contributed by atoms with E-state index in [1.54, 1.807) is 7.11 Å². The second-order valence-electron chi connectivity index (χ2n) is 5.08. The molecule has 1 heterocycles. The van der Waals surface area contributed by atoms with Crippen molar-refractivity contribution in [3.05, 3.63) is 47.3 Å². The molecule has 5 heteroatoms. The number of benzene rings is 1. The van der Waals surface area contributed by atoms with Gasteiger partial charge in [0.2, 0.25) is 0 Å². The SMILES string of the molecule is COc1ccc(-n2c(C)cc(CC(N)C(=O)O)c2C)cc1. The maximum atomic E-state index is 10.9. The molecular formula is C16H20N2O3. The summed E-state index contributed by atoms with van der Waals surface area (Å²) in [7, 11) is 1.63. The van der Waals surface area contributed by atoms with Crippen molar-refractivity contribution in [2.75, 3.05) is 7.11 Å². The Balaban J connectivity index is 2.36. The molecule has 3 N–H and O–H groups in total. The quantitative estimate of drug-likeness (QED) is 0.882. The lowest BCUT2D eigenvalue weighted by atomic mass is 10.1. The lowest BCUT2D eigenvalue weighted by Crippen LogP contribution is -2.32. The van der Waals surface area contributed by atoms with Gasteiger partial charge < -0.3 is 20.1 Å². The highest BCUT2D eigenvalue weighted by Crippen LogP contribution is 2.23. The fourth-order valence-corrected chi connectivity index (χ4v) is 2.49. The Morgan fingerprint density at radius 1 is 1.33 bits per heavy atom. The van der Waals surface area contributed by atoms with Gasteiger partial charge >= 0.3 is 5.97 Å². The van der Waals surface area contributed by atoms with Crippen molar-refractivity contribution >= 4 is 5.97 Å². The number of aryl methyl sites for hydroxylation is 1. The molecule has 0 spiro atoms. The van der Waals surface area contributed by atoms with Gasteiger partial charge in [-0.2, -0.15) is 0 Å². The zero-order valence-electron chi connectivity index (χ0n) is 12.5. The molecule has 0 saturated carbocycles. The number of aliphatic carboxylic acids is 1. The summed E-state index contributed by atoms with van der Waals surface area (Å²) in [5.74, 6) is -0.182. The Bertz CT molecular complexity index is 644. The number of ether oxygens (including phenoxy) is 1. The highest BCUT2D eigenvalue weighted by molar-refractivity contribution is 5.73. The third-order valence-corrected chi connectivity index (χ3v) is 3.62. The number of hydrogen-bond donors (Lipinski definition) is 2. The van der Waals surface area contributed by atoms with E-state index in [4.69, 9.17) is 15.6 Å². The van der Waals surface area contributed by atoms with Gasteiger partial charge in [0.05, 0.1) is 7.11 Å². The number of carbonyl (C=O) groups is 1. The summed E-state index contributed by atoms with van der Waals surface area (Å²) in [5.41, 5.74) is 9.65. The van der Waals surface area contributed by atoms with Crippen molar-refractivity contribution in [3.63, 3.8) is 0 Å². The number of aromatic nitrogens is 1. The van der Waals surface area contributed by atoms with Crippen LogP contribution in [0.15, 0.2) is 30.3 Å². The van der Waals surface area contributed by atoms with E-state index in [1.807, 2.05) is 44.2 Å². The smallest absolute Gasteiger partial charge is 0.320 e. The largest absolute Gasteiger partial charge is 0.497 e. The van der Waals surface area contributed by atoms with E-state index in [9.17, 15) is 4.79 Å². The molecule has 0 bridgehead atoms. The van der Waals surface area contributed by atoms with Gasteiger partial charge in [-0.1, -0.05) is 0 Å². The molecule has 0 amide bonds. The van der Waals surface area contributed by atoms with Crippen LogP contribution < -0.4 is 10.5 Å². The van der Waals surface area contributed by atoms with E-state index in [2.05, 4.69) is 4.57 Å². The summed E-state index contributed by atoms with van der Waals surface area (Å²) in [5, 5.41) is 8.94. The van der Waals surface area contributed by atoms with Gasteiger partial charge in [0.1, 0.15) is 11.8 Å². The fourth-order valence-electron chi connectivity index (χ4n) is 2.49. The number of hydrogen-bond acceptors (Lipinski definition) is 3. The molecule has 1 aromatic carbocycles. The van der Waals surface area contributed by atoms with E-state index in [-0.39, 0.29) is 0 Å². The first-order valence-corrected chi connectivity index (χ1v) is 6.74. The summed E-state index contributed by atoms with van der Waals surface area (Å²) in [6.45, 7) is 3.97. The normalized spacial score (nSPS) is 12.2. The maximum Gasteiger partial charge on any atom is 0.320 e. The highest BCUT2D eigenvalue weighted by Gasteiger charge is 2.17. The van der Waals surface area contributed by atoms with Crippen molar-refractivity contribution in [2.45, 2.75) is 26.3 Å². The lowest BCUT2D eigenvalue weighted by molar-refractivity contribution is -0.138. The van der Waals surface area contributed by atoms with Crippen molar-refractivity contribution in [1.82, 2.24) is 4.57 Å². The van der Waals surface area contributed by atoms with Crippen LogP contribution in [-0.4, -0.2) is 28.8 Å². The zero-order chi connectivity index (χ0) is 15.6. The number of rotatable bonds is 5. The van der Waals surface area contributed by atoms with Gasteiger partial charge in [-0.15, -0.1) is 0 Å². The molecule has 0 aliphatic heterocycles. The molecule has 21 heavy (non-hydrogen) atoms. The molecule has 1 atom stereocenters. The predicted molar refractivity (Wildman–Crippen MR) is 81.1 cm³/mol. The van der Waals surface area contributed by atoms with E-state index in [1.165, 1.54) is 0 Å². The fraction of sp³-hybridized carbons (Fsp3) is 0.312. The van der Waals surface area contributed by atoms with Crippen LogP contribution in [0.1, 0.15) is 17.0 Å². The van der Waals surface area contributed by atoms with E-state index in [0.717, 1.165) is 28.4 Å². The predicted octanol–water partition coefficient (Wildman–Crippen LogP) is 2.06. The average molecular weight is 288 g/mol. The molecule has 0 aliphatic carbocycles. The van der Waals surface area contributed by atoms with Crippen molar-refractivity contribution in [2.24, 2.45) is 5.73 Å². The number of nitrogens with two attached hydrogens (primary N) is 1. The summed E-state index contributed by atoms with van der Waals surface area (Å²) >= 11 is 0. The minimum Gasteiger partial charge on any atom is -0.497 e. The first kappa shape index (κ1) is 15.1. The summed E-state index contributed by atoms with van der Waals surface area (Å²) in [6.07, 6.45) is 0.325. The van der Waals surface area contributed by atoms with E-state index < -0.39 is 12.0 Å². The zero-order valence-corrected chi connectivity index (χ0v) is 12.5. The van der Waals surface area contributed by atoms with Gasteiger partial charge in [-0.25, -0.2) is 0 Å². The molecule has 5 nitrogen and oxygen atoms in total. The Morgan fingerprint density at radius 3 is 2.48 bits per heavy atom. The van der Waals surface area contributed by atoms with Crippen LogP contribution in [0.3, 0.4) is 0 Å². The Hall–Kier alpha value is -2.27. The Kier molecular flexibility index (Phi) is 4.33. The Morgan fingerprint density at radius 2 is 1.95 bits per heavy atom. The third kappa shape index (κ3) is 3.08. The van der Waals surface area contributed by atoms with Crippen molar-refractivity contribution in [1.29, 1.82) is 0 Å². The molecule has 0 saturated heterocycles. The van der Waals surface area contributed by atoms with Crippen LogP contribution in [0.25, 0.3) is 5.69 Å². The van der Waals surface area contributed by atoms with Crippen molar-refractivity contribution in [3.8, 4) is 11.4 Å². The standard InChI is InChI=1S/C16H20N2O3/c1-10-8-12(9-15(17)16(19)20)11(2)18(10)13-4-6-14(21-3)7-5-13/h4-8,15H,9,17H2,1-3H3,(H,19,20). The minimum atomic E-state index is -0.982. The summed E-state index contributed by atoms with van der Waals surface area (Å²) in [6, 6.07) is 8.85. The number of nitrogens with zero attached hydrogens (tertiary/aromatic N) is 1. The molecular weight excluding hydrogens is 268 g/mol. The monoisotopic (exact) mass is 288 g/mol. The van der Waals surface area contributed by atoms with Crippen LogP contribution in [-0.2, 0) is 11.2 Å². The maximum absolute atomic E-state index is 10.9. The summed E-state index contributed by atoms with van der Waals surface area (Å²) < 4.78 is 7.25. The second kappa shape index (κ2) is 6.01. The molecule has 0 fully saturated rings. The van der Waals surface area contributed by atoms with Gasteiger partial charge in [0, 0.05) is 23.5 Å². The van der Waals surface area contributed by atoms with Crippen LogP contribution >= 0.6 is 0 Å². The molecule has 112 valence electrons. The van der Waals surface area contributed by atoms with Crippen LogP contribution in [0.5, 0.6) is 5.75 Å². The second-order valence-corrected chi connectivity index (χ2v) is 5.08. The average Bonchev–Trinajstić information content (AvgIpc) is 2.73. The molecule has 0 radical (unpaired) electrons. The number of methoxy groups -OCH3 is 1. The number of carboxylic acid groups (broad SMARTS) is 1. The van der Waals surface area contributed by atoms with Gasteiger partial charge in [-0.3, -0.25) is 4.79 Å². The van der Waals surface area contributed by atoms with E-state index >= 15 is 0 Å². The molecule has 1 unspecified atom stereocenters. The van der Waals surface area contributed by atoms with Gasteiger partial charge in [-0.05, 0) is 49.7 Å². The van der Waals surface area contributed by atoms with Crippen LogP contribution in [0.2, 0.25) is 0 Å². The Labute approximate surface area is 124 Å².